The number of nitrogen functional groups attached to an aromatic ring is 1. The van der Waals surface area contributed by atoms with Gasteiger partial charge in [0.25, 0.3) is 5.56 Å². The summed E-state index contributed by atoms with van der Waals surface area (Å²) in [6.45, 7) is 4.00. The number of nitrogens with zero attached hydrogens (tertiary/aromatic N) is 2. The summed E-state index contributed by atoms with van der Waals surface area (Å²) in [6.07, 6.45) is 0. The molecule has 1 aromatic carbocycles. The molecule has 0 aliphatic heterocycles. The van der Waals surface area contributed by atoms with Gasteiger partial charge in [0.2, 0.25) is 5.95 Å². The number of nitrogens with one attached hydrogen (secondary N) is 1. The van der Waals surface area contributed by atoms with Crippen molar-refractivity contribution in [2.75, 3.05) is 37.4 Å². The van der Waals surface area contributed by atoms with Gasteiger partial charge in [0.15, 0.2) is 0 Å². The van der Waals surface area contributed by atoms with Crippen molar-refractivity contribution >= 4 is 22.5 Å². The molecular weight excluding hydrogens is 244 g/mol. The molecule has 2 rings (SSSR count). The van der Waals surface area contributed by atoms with Gasteiger partial charge < -0.3 is 15.4 Å². The molecule has 0 saturated heterocycles. The average Bonchev–Trinajstić information content (AvgIpc) is 2.40. The lowest BCUT2D eigenvalue weighted by molar-refractivity contribution is 0.205. The Morgan fingerprint density at radius 2 is 2.26 bits per heavy atom. The lowest BCUT2D eigenvalue weighted by atomic mass is 10.2. The SMILES string of the molecule is CCN(CCOC)c1nc2ccc(N)cc2c(=O)[nH]1. The summed E-state index contributed by atoms with van der Waals surface area (Å²) >= 11 is 0. The lowest BCUT2D eigenvalue weighted by Crippen LogP contribution is -2.30. The van der Waals surface area contributed by atoms with E-state index in [0.29, 0.717) is 35.7 Å². The fraction of sp³-hybridized carbons (Fsp3) is 0.385. The lowest BCUT2D eigenvalue weighted by Gasteiger charge is -2.20. The molecule has 0 amide bonds. The monoisotopic (exact) mass is 262 g/mol. The first kappa shape index (κ1) is 13.4. The topological polar surface area (TPSA) is 84.2 Å². The van der Waals surface area contributed by atoms with E-state index < -0.39 is 0 Å². The Hall–Kier alpha value is -2.08. The minimum atomic E-state index is -0.178. The number of rotatable bonds is 5. The third kappa shape index (κ3) is 2.85. The third-order valence-corrected chi connectivity index (χ3v) is 2.96. The minimum absolute atomic E-state index is 0.178. The second-order valence-corrected chi connectivity index (χ2v) is 4.24. The number of hydrogen-bond donors (Lipinski definition) is 2. The quantitative estimate of drug-likeness (QED) is 0.785. The minimum Gasteiger partial charge on any atom is -0.399 e. The number of ether oxygens (including phenoxy) is 1. The average molecular weight is 262 g/mol. The van der Waals surface area contributed by atoms with Crippen LogP contribution in [0, 0.1) is 0 Å². The molecule has 0 unspecified atom stereocenters. The number of aromatic nitrogens is 2. The van der Waals surface area contributed by atoms with E-state index in [0.717, 1.165) is 6.54 Å². The fourth-order valence-electron chi connectivity index (χ4n) is 1.91. The zero-order chi connectivity index (χ0) is 13.8. The Kier molecular flexibility index (Phi) is 4.01. The molecule has 0 aliphatic carbocycles. The number of nitrogens with two attached hydrogens (primary N) is 1. The van der Waals surface area contributed by atoms with Gasteiger partial charge in [-0.05, 0) is 25.1 Å². The van der Waals surface area contributed by atoms with E-state index in [4.69, 9.17) is 10.5 Å². The number of anilines is 2. The van der Waals surface area contributed by atoms with Gasteiger partial charge in [-0.15, -0.1) is 0 Å². The van der Waals surface area contributed by atoms with E-state index in [1.54, 1.807) is 25.3 Å². The normalized spacial score (nSPS) is 10.8. The van der Waals surface area contributed by atoms with Crippen LogP contribution in [0.25, 0.3) is 10.9 Å². The predicted octanol–water partition coefficient (Wildman–Crippen LogP) is 0.978. The van der Waals surface area contributed by atoms with Gasteiger partial charge >= 0.3 is 0 Å². The highest BCUT2D eigenvalue weighted by Crippen LogP contribution is 2.14. The first-order valence-electron chi connectivity index (χ1n) is 6.19. The van der Waals surface area contributed by atoms with Crippen molar-refractivity contribution in [3.8, 4) is 0 Å². The Labute approximate surface area is 111 Å². The van der Waals surface area contributed by atoms with Crippen LogP contribution in [0.15, 0.2) is 23.0 Å². The molecule has 0 aliphatic rings. The van der Waals surface area contributed by atoms with Crippen molar-refractivity contribution in [2.24, 2.45) is 0 Å². The highest BCUT2D eigenvalue weighted by molar-refractivity contribution is 5.81. The van der Waals surface area contributed by atoms with E-state index >= 15 is 0 Å². The number of benzene rings is 1. The number of hydrogen-bond acceptors (Lipinski definition) is 5. The summed E-state index contributed by atoms with van der Waals surface area (Å²) in [5.74, 6) is 0.557. The van der Waals surface area contributed by atoms with Crippen LogP contribution in [0.1, 0.15) is 6.92 Å². The number of H-pyrrole nitrogens is 1. The summed E-state index contributed by atoms with van der Waals surface area (Å²) in [7, 11) is 1.65. The van der Waals surface area contributed by atoms with Crippen LogP contribution in [0.2, 0.25) is 0 Å². The van der Waals surface area contributed by atoms with E-state index in [9.17, 15) is 4.79 Å². The fourth-order valence-corrected chi connectivity index (χ4v) is 1.91. The van der Waals surface area contributed by atoms with Crippen molar-refractivity contribution in [3.63, 3.8) is 0 Å². The Morgan fingerprint density at radius 3 is 2.95 bits per heavy atom. The number of fused-ring (bicyclic) bond motifs is 1. The maximum absolute atomic E-state index is 12.0. The molecule has 0 bridgehead atoms. The van der Waals surface area contributed by atoms with Crippen molar-refractivity contribution < 1.29 is 4.74 Å². The summed E-state index contributed by atoms with van der Waals surface area (Å²) < 4.78 is 5.05. The summed E-state index contributed by atoms with van der Waals surface area (Å²) in [5, 5.41) is 0.506. The second-order valence-electron chi connectivity index (χ2n) is 4.24. The summed E-state index contributed by atoms with van der Waals surface area (Å²) in [5.41, 5.74) is 6.69. The second kappa shape index (κ2) is 5.71. The van der Waals surface area contributed by atoms with E-state index in [2.05, 4.69) is 9.97 Å². The number of aromatic amines is 1. The van der Waals surface area contributed by atoms with Crippen molar-refractivity contribution in [1.29, 1.82) is 0 Å². The molecule has 3 N–H and O–H groups in total. The molecule has 19 heavy (non-hydrogen) atoms. The van der Waals surface area contributed by atoms with E-state index in [1.165, 1.54) is 0 Å². The highest BCUT2D eigenvalue weighted by Gasteiger charge is 2.09. The van der Waals surface area contributed by atoms with Crippen molar-refractivity contribution in [3.05, 3.63) is 28.6 Å². The molecule has 6 nitrogen and oxygen atoms in total. The molecule has 1 aromatic heterocycles. The Bertz CT molecular complexity index is 624. The van der Waals surface area contributed by atoms with Crippen LogP contribution in [-0.2, 0) is 4.74 Å². The number of likely N-dealkylation sites (N-methyl/N-ethyl adjacent to an activating group) is 1. The first-order valence-corrected chi connectivity index (χ1v) is 6.19. The number of methoxy groups -OCH3 is 1. The molecule has 0 saturated carbocycles. The van der Waals surface area contributed by atoms with Crippen LogP contribution in [-0.4, -0.2) is 36.8 Å². The molecule has 2 aromatic rings. The van der Waals surface area contributed by atoms with E-state index in [1.807, 2.05) is 11.8 Å². The van der Waals surface area contributed by atoms with Crippen LogP contribution in [0.4, 0.5) is 11.6 Å². The standard InChI is InChI=1S/C13H18N4O2/c1-3-17(6-7-19-2)13-15-11-5-4-9(14)8-10(11)12(18)16-13/h4-5,8H,3,6-7,14H2,1-2H3,(H,15,16,18). The van der Waals surface area contributed by atoms with Gasteiger partial charge in [-0.3, -0.25) is 9.78 Å². The van der Waals surface area contributed by atoms with Crippen LogP contribution in [0.3, 0.4) is 0 Å². The third-order valence-electron chi connectivity index (χ3n) is 2.96. The molecule has 1 heterocycles. The van der Waals surface area contributed by atoms with Crippen LogP contribution in [0.5, 0.6) is 0 Å². The van der Waals surface area contributed by atoms with Gasteiger partial charge in [-0.25, -0.2) is 4.98 Å². The summed E-state index contributed by atoms with van der Waals surface area (Å²) in [4.78, 5) is 21.2. The molecule has 0 spiro atoms. The first-order chi connectivity index (χ1) is 9.15. The van der Waals surface area contributed by atoms with Gasteiger partial charge in [0.05, 0.1) is 17.5 Å². The molecule has 0 atom stereocenters. The molecule has 0 radical (unpaired) electrons. The van der Waals surface area contributed by atoms with E-state index in [-0.39, 0.29) is 5.56 Å². The van der Waals surface area contributed by atoms with Crippen molar-refractivity contribution in [1.82, 2.24) is 9.97 Å². The molecule has 0 fully saturated rings. The molecule has 102 valence electrons. The highest BCUT2D eigenvalue weighted by atomic mass is 16.5. The maximum atomic E-state index is 12.0. The summed E-state index contributed by atoms with van der Waals surface area (Å²) in [6, 6.07) is 5.13. The smallest absolute Gasteiger partial charge is 0.260 e. The van der Waals surface area contributed by atoms with Gasteiger partial charge in [-0.2, -0.15) is 0 Å². The van der Waals surface area contributed by atoms with Crippen molar-refractivity contribution in [2.45, 2.75) is 6.92 Å². The largest absolute Gasteiger partial charge is 0.399 e. The van der Waals surface area contributed by atoms with Gasteiger partial charge in [0, 0.05) is 25.9 Å². The molecular formula is C13H18N4O2. The zero-order valence-electron chi connectivity index (χ0n) is 11.1. The Balaban J connectivity index is 2.44. The molecule has 6 heteroatoms. The maximum Gasteiger partial charge on any atom is 0.260 e. The van der Waals surface area contributed by atoms with Crippen LogP contribution < -0.4 is 16.2 Å². The predicted molar refractivity (Wildman–Crippen MR) is 76.5 cm³/mol. The van der Waals surface area contributed by atoms with Gasteiger partial charge in [-0.1, -0.05) is 0 Å². The van der Waals surface area contributed by atoms with Crippen LogP contribution >= 0.6 is 0 Å². The van der Waals surface area contributed by atoms with Gasteiger partial charge in [0.1, 0.15) is 0 Å². The zero-order valence-corrected chi connectivity index (χ0v) is 11.1. The Morgan fingerprint density at radius 1 is 1.47 bits per heavy atom.